The van der Waals surface area contributed by atoms with Crippen LogP contribution in [0.3, 0.4) is 0 Å². The van der Waals surface area contributed by atoms with E-state index in [4.69, 9.17) is 0 Å². The molecule has 28 heavy (non-hydrogen) atoms. The molecule has 1 aliphatic rings. The molecule has 1 aromatic carbocycles. The summed E-state index contributed by atoms with van der Waals surface area (Å²) in [4.78, 5) is 8.85. The van der Waals surface area contributed by atoms with Crippen molar-refractivity contribution in [2.75, 3.05) is 51.2 Å². The van der Waals surface area contributed by atoms with E-state index in [-0.39, 0.29) is 29.8 Å². The SMILES string of the molecule is CN=C(NCCCN1CCN(c2ccccc2F)CC1)NCc1ccsc1.I. The number of aliphatic imine (C=N–C) groups is 1. The Hall–Kier alpha value is -1.39. The monoisotopic (exact) mass is 517 g/mol. The van der Waals surface area contributed by atoms with Gasteiger partial charge in [-0.1, -0.05) is 12.1 Å². The van der Waals surface area contributed by atoms with Gasteiger partial charge in [0.1, 0.15) is 5.82 Å². The zero-order valence-electron chi connectivity index (χ0n) is 16.2. The Morgan fingerprint density at radius 3 is 2.61 bits per heavy atom. The largest absolute Gasteiger partial charge is 0.367 e. The fourth-order valence-electron chi connectivity index (χ4n) is 3.23. The molecule has 2 aromatic rings. The smallest absolute Gasteiger partial charge is 0.191 e. The molecule has 1 aliphatic heterocycles. The van der Waals surface area contributed by atoms with E-state index in [9.17, 15) is 4.39 Å². The van der Waals surface area contributed by atoms with Gasteiger partial charge in [0, 0.05) is 46.3 Å². The van der Waals surface area contributed by atoms with Crippen molar-refractivity contribution in [1.29, 1.82) is 0 Å². The average Bonchev–Trinajstić information content (AvgIpc) is 3.22. The molecule has 2 N–H and O–H groups in total. The number of nitrogens with one attached hydrogen (secondary N) is 2. The normalized spacial score (nSPS) is 15.2. The zero-order valence-corrected chi connectivity index (χ0v) is 19.4. The Kier molecular flexibility index (Phi) is 10.0. The van der Waals surface area contributed by atoms with Gasteiger partial charge in [0.15, 0.2) is 5.96 Å². The van der Waals surface area contributed by atoms with Crippen molar-refractivity contribution in [3.8, 4) is 0 Å². The van der Waals surface area contributed by atoms with Gasteiger partial charge in [-0.25, -0.2) is 4.39 Å². The van der Waals surface area contributed by atoms with E-state index in [0.29, 0.717) is 0 Å². The van der Waals surface area contributed by atoms with Crippen LogP contribution in [0.15, 0.2) is 46.1 Å². The molecule has 8 heteroatoms. The summed E-state index contributed by atoms with van der Waals surface area (Å²) in [6.07, 6.45) is 1.05. The Balaban J connectivity index is 0.00000280. The maximum Gasteiger partial charge on any atom is 0.191 e. The summed E-state index contributed by atoms with van der Waals surface area (Å²) in [5.41, 5.74) is 2.00. The maximum absolute atomic E-state index is 13.9. The lowest BCUT2D eigenvalue weighted by Gasteiger charge is -2.36. The molecule has 0 aliphatic carbocycles. The first-order valence-corrected chi connectivity index (χ1v) is 10.4. The van der Waals surface area contributed by atoms with Gasteiger partial charge in [-0.05, 0) is 47.5 Å². The summed E-state index contributed by atoms with van der Waals surface area (Å²) in [6.45, 7) is 6.41. The molecular formula is C20H29FIN5S. The van der Waals surface area contributed by atoms with Crippen molar-refractivity contribution >= 4 is 47.0 Å². The molecule has 0 radical (unpaired) electrons. The summed E-state index contributed by atoms with van der Waals surface area (Å²) in [7, 11) is 1.80. The van der Waals surface area contributed by atoms with Gasteiger partial charge < -0.3 is 15.5 Å². The highest BCUT2D eigenvalue weighted by molar-refractivity contribution is 14.0. The molecular weight excluding hydrogens is 488 g/mol. The summed E-state index contributed by atoms with van der Waals surface area (Å²) in [6, 6.07) is 9.16. The molecule has 0 spiro atoms. The predicted octanol–water partition coefficient (Wildman–Crippen LogP) is 3.38. The standard InChI is InChI=1S/C20H28FN5S.HI/c1-22-20(24-15-17-7-14-27-16-17)23-8-4-9-25-10-12-26(13-11-25)19-6-3-2-5-18(19)21;/h2-3,5-7,14,16H,4,8-13,15H2,1H3,(H2,22,23,24);1H. The second kappa shape index (κ2) is 12.2. The number of nitrogens with zero attached hydrogens (tertiary/aromatic N) is 3. The van der Waals surface area contributed by atoms with Gasteiger partial charge in [-0.15, -0.1) is 24.0 Å². The fraction of sp³-hybridized carbons (Fsp3) is 0.450. The summed E-state index contributed by atoms with van der Waals surface area (Å²) in [5.74, 6) is 0.710. The molecule has 2 heterocycles. The molecule has 0 unspecified atom stereocenters. The Bertz CT molecular complexity index is 717. The Labute approximate surface area is 188 Å². The van der Waals surface area contributed by atoms with Gasteiger partial charge in [0.05, 0.1) is 5.69 Å². The van der Waals surface area contributed by atoms with E-state index in [0.717, 1.165) is 63.9 Å². The van der Waals surface area contributed by atoms with Crippen molar-refractivity contribution in [1.82, 2.24) is 15.5 Å². The van der Waals surface area contributed by atoms with E-state index in [1.807, 2.05) is 12.1 Å². The van der Waals surface area contributed by atoms with E-state index in [1.165, 1.54) is 11.6 Å². The van der Waals surface area contributed by atoms with E-state index < -0.39 is 0 Å². The van der Waals surface area contributed by atoms with Crippen LogP contribution in [0.5, 0.6) is 0 Å². The van der Waals surface area contributed by atoms with Crippen molar-refractivity contribution in [3.63, 3.8) is 0 Å². The number of para-hydroxylation sites is 1. The van der Waals surface area contributed by atoms with Crippen LogP contribution >= 0.6 is 35.3 Å². The van der Waals surface area contributed by atoms with Crippen molar-refractivity contribution in [2.45, 2.75) is 13.0 Å². The minimum Gasteiger partial charge on any atom is -0.367 e. The van der Waals surface area contributed by atoms with Crippen LogP contribution in [0.25, 0.3) is 0 Å². The van der Waals surface area contributed by atoms with Gasteiger partial charge in [0.25, 0.3) is 0 Å². The lowest BCUT2D eigenvalue weighted by Crippen LogP contribution is -2.47. The topological polar surface area (TPSA) is 42.9 Å². The fourth-order valence-corrected chi connectivity index (χ4v) is 3.90. The molecule has 0 atom stereocenters. The number of rotatable bonds is 7. The van der Waals surface area contributed by atoms with Crippen LogP contribution in [0.2, 0.25) is 0 Å². The number of hydrogen-bond acceptors (Lipinski definition) is 4. The number of hydrogen-bond donors (Lipinski definition) is 2. The van der Waals surface area contributed by atoms with Crippen molar-refractivity contribution in [3.05, 3.63) is 52.5 Å². The first-order chi connectivity index (χ1) is 13.3. The number of halogens is 2. The highest BCUT2D eigenvalue weighted by Gasteiger charge is 2.18. The molecule has 3 rings (SSSR count). The molecule has 0 bridgehead atoms. The van der Waals surface area contributed by atoms with Crippen LogP contribution in [0.4, 0.5) is 10.1 Å². The lowest BCUT2D eigenvalue weighted by atomic mass is 10.2. The third kappa shape index (κ3) is 6.89. The minimum atomic E-state index is -0.128. The van der Waals surface area contributed by atoms with Gasteiger partial charge in [0.2, 0.25) is 0 Å². The molecule has 0 saturated carbocycles. The zero-order chi connectivity index (χ0) is 18.9. The molecule has 5 nitrogen and oxygen atoms in total. The van der Waals surface area contributed by atoms with Crippen LogP contribution in [0.1, 0.15) is 12.0 Å². The highest BCUT2D eigenvalue weighted by Crippen LogP contribution is 2.20. The molecule has 1 saturated heterocycles. The third-order valence-corrected chi connectivity index (χ3v) is 5.50. The Morgan fingerprint density at radius 1 is 1.14 bits per heavy atom. The van der Waals surface area contributed by atoms with Crippen LogP contribution in [-0.2, 0) is 6.54 Å². The molecule has 1 fully saturated rings. The van der Waals surface area contributed by atoms with Gasteiger partial charge in [-0.2, -0.15) is 11.3 Å². The average molecular weight is 517 g/mol. The first-order valence-electron chi connectivity index (χ1n) is 9.43. The quantitative estimate of drug-likeness (QED) is 0.256. The van der Waals surface area contributed by atoms with E-state index in [2.05, 4.69) is 42.3 Å². The van der Waals surface area contributed by atoms with Gasteiger partial charge in [-0.3, -0.25) is 9.89 Å². The van der Waals surface area contributed by atoms with Crippen molar-refractivity contribution < 1.29 is 4.39 Å². The first kappa shape index (κ1) is 22.9. The number of piperazine rings is 1. The van der Waals surface area contributed by atoms with Crippen molar-refractivity contribution in [2.24, 2.45) is 4.99 Å². The van der Waals surface area contributed by atoms with E-state index in [1.54, 1.807) is 24.5 Å². The van der Waals surface area contributed by atoms with Gasteiger partial charge >= 0.3 is 0 Å². The van der Waals surface area contributed by atoms with Crippen LogP contribution in [-0.4, -0.2) is 57.2 Å². The lowest BCUT2D eigenvalue weighted by molar-refractivity contribution is 0.254. The molecule has 1 aromatic heterocycles. The van der Waals surface area contributed by atoms with Crippen LogP contribution in [0, 0.1) is 5.82 Å². The third-order valence-electron chi connectivity index (χ3n) is 4.77. The van der Waals surface area contributed by atoms with Crippen LogP contribution < -0.4 is 15.5 Å². The number of anilines is 1. The number of guanidine groups is 1. The van der Waals surface area contributed by atoms with E-state index >= 15 is 0 Å². The predicted molar refractivity (Wildman–Crippen MR) is 128 cm³/mol. The number of thiophene rings is 1. The summed E-state index contributed by atoms with van der Waals surface area (Å²) >= 11 is 1.71. The minimum absolute atomic E-state index is 0. The highest BCUT2D eigenvalue weighted by atomic mass is 127. The second-order valence-electron chi connectivity index (χ2n) is 6.62. The molecule has 0 amide bonds. The summed E-state index contributed by atoms with van der Waals surface area (Å²) < 4.78 is 13.9. The molecule has 154 valence electrons. The Morgan fingerprint density at radius 2 is 1.93 bits per heavy atom. The maximum atomic E-state index is 13.9. The number of benzene rings is 1. The second-order valence-corrected chi connectivity index (χ2v) is 7.40. The summed E-state index contributed by atoms with van der Waals surface area (Å²) in [5, 5.41) is 10.9.